The van der Waals surface area contributed by atoms with Crippen molar-refractivity contribution in [3.63, 3.8) is 0 Å². The number of phenols is 1. The summed E-state index contributed by atoms with van der Waals surface area (Å²) in [6.07, 6.45) is 0.797. The highest BCUT2D eigenvalue weighted by Crippen LogP contribution is 2.24. The van der Waals surface area contributed by atoms with E-state index in [-0.39, 0.29) is 11.7 Å². The highest BCUT2D eigenvalue weighted by Gasteiger charge is 2.08. The molecule has 0 bridgehead atoms. The molecule has 0 fully saturated rings. The van der Waals surface area contributed by atoms with E-state index in [4.69, 9.17) is 4.74 Å². The molecule has 0 amide bonds. The summed E-state index contributed by atoms with van der Waals surface area (Å²) < 4.78 is 5.42. The molecule has 0 aromatic heterocycles. The maximum absolute atomic E-state index is 11.3. The van der Waals surface area contributed by atoms with Crippen LogP contribution in [0, 0.1) is 0 Å². The van der Waals surface area contributed by atoms with E-state index in [2.05, 4.69) is 15.9 Å². The summed E-state index contributed by atoms with van der Waals surface area (Å²) >= 11 is 3.12. The van der Waals surface area contributed by atoms with Crippen molar-refractivity contribution in [2.45, 2.75) is 13.3 Å². The van der Waals surface area contributed by atoms with Crippen LogP contribution in [0.3, 0.4) is 0 Å². The zero-order valence-corrected chi connectivity index (χ0v) is 9.37. The Morgan fingerprint density at radius 1 is 1.57 bits per heavy atom. The Hall–Kier alpha value is -1.03. The SMILES string of the molecule is CCCOC(=O)c1ccc(O)c(Br)c1. The summed E-state index contributed by atoms with van der Waals surface area (Å²) in [5.74, 6) is -0.260. The van der Waals surface area contributed by atoms with Gasteiger partial charge >= 0.3 is 5.97 Å². The first-order valence-electron chi connectivity index (χ1n) is 4.30. The Morgan fingerprint density at radius 2 is 2.29 bits per heavy atom. The Labute approximate surface area is 90.8 Å². The van der Waals surface area contributed by atoms with Crippen molar-refractivity contribution in [3.05, 3.63) is 28.2 Å². The molecule has 4 heteroatoms. The molecule has 1 N–H and O–H groups in total. The van der Waals surface area contributed by atoms with Crippen LogP contribution in [-0.4, -0.2) is 17.7 Å². The largest absolute Gasteiger partial charge is 0.507 e. The average Bonchev–Trinajstić information content (AvgIpc) is 2.18. The van der Waals surface area contributed by atoms with E-state index in [0.29, 0.717) is 16.6 Å². The molecule has 0 saturated heterocycles. The minimum atomic E-state index is -0.368. The van der Waals surface area contributed by atoms with Gasteiger partial charge in [-0.3, -0.25) is 0 Å². The quantitative estimate of drug-likeness (QED) is 0.849. The minimum absolute atomic E-state index is 0.108. The Balaban J connectivity index is 2.76. The van der Waals surface area contributed by atoms with Crippen molar-refractivity contribution < 1.29 is 14.6 Å². The first kappa shape index (κ1) is 11.0. The molecule has 0 unspecified atom stereocenters. The van der Waals surface area contributed by atoms with Gasteiger partial charge in [-0.15, -0.1) is 0 Å². The molecule has 0 spiro atoms. The van der Waals surface area contributed by atoms with Crippen LogP contribution in [0.15, 0.2) is 22.7 Å². The topological polar surface area (TPSA) is 46.5 Å². The zero-order valence-electron chi connectivity index (χ0n) is 7.79. The number of hydrogen-bond donors (Lipinski definition) is 1. The lowest BCUT2D eigenvalue weighted by atomic mass is 10.2. The number of halogens is 1. The van der Waals surface area contributed by atoms with Crippen molar-refractivity contribution in [3.8, 4) is 5.75 Å². The fraction of sp³-hybridized carbons (Fsp3) is 0.300. The Bertz CT molecular complexity index is 336. The van der Waals surface area contributed by atoms with Crippen molar-refractivity contribution in [2.75, 3.05) is 6.61 Å². The van der Waals surface area contributed by atoms with Gasteiger partial charge in [-0.25, -0.2) is 4.79 Å². The van der Waals surface area contributed by atoms with Crippen LogP contribution in [0.2, 0.25) is 0 Å². The van der Waals surface area contributed by atoms with Gasteiger partial charge in [0.1, 0.15) is 5.75 Å². The van der Waals surface area contributed by atoms with E-state index in [9.17, 15) is 9.90 Å². The average molecular weight is 259 g/mol. The molecule has 14 heavy (non-hydrogen) atoms. The van der Waals surface area contributed by atoms with Gasteiger partial charge < -0.3 is 9.84 Å². The monoisotopic (exact) mass is 258 g/mol. The molecule has 0 aliphatic rings. The van der Waals surface area contributed by atoms with Crippen molar-refractivity contribution in [1.82, 2.24) is 0 Å². The minimum Gasteiger partial charge on any atom is -0.507 e. The number of benzene rings is 1. The summed E-state index contributed by atoms with van der Waals surface area (Å²) in [4.78, 5) is 11.3. The van der Waals surface area contributed by atoms with Crippen molar-refractivity contribution >= 4 is 21.9 Å². The predicted octanol–water partition coefficient (Wildman–Crippen LogP) is 2.72. The lowest BCUT2D eigenvalue weighted by Gasteiger charge is -2.03. The fourth-order valence-electron chi connectivity index (χ4n) is 0.912. The fourth-order valence-corrected chi connectivity index (χ4v) is 1.29. The van der Waals surface area contributed by atoms with Crippen LogP contribution >= 0.6 is 15.9 Å². The van der Waals surface area contributed by atoms with E-state index in [1.807, 2.05) is 6.92 Å². The van der Waals surface area contributed by atoms with E-state index in [0.717, 1.165) is 6.42 Å². The predicted molar refractivity (Wildman–Crippen MR) is 56.4 cm³/mol. The summed E-state index contributed by atoms with van der Waals surface area (Å²) in [5.41, 5.74) is 0.433. The van der Waals surface area contributed by atoms with Gasteiger partial charge in [-0.2, -0.15) is 0 Å². The van der Waals surface area contributed by atoms with Gasteiger partial charge in [0.25, 0.3) is 0 Å². The molecular weight excluding hydrogens is 248 g/mol. The molecule has 1 rings (SSSR count). The molecule has 0 saturated carbocycles. The second-order valence-corrected chi connectivity index (χ2v) is 3.66. The number of hydrogen-bond acceptors (Lipinski definition) is 3. The first-order valence-corrected chi connectivity index (χ1v) is 5.10. The number of ether oxygens (including phenoxy) is 1. The maximum atomic E-state index is 11.3. The molecule has 3 nitrogen and oxygen atoms in total. The highest BCUT2D eigenvalue weighted by molar-refractivity contribution is 9.10. The third kappa shape index (κ3) is 2.73. The van der Waals surface area contributed by atoms with Crippen molar-refractivity contribution in [1.29, 1.82) is 0 Å². The lowest BCUT2D eigenvalue weighted by Crippen LogP contribution is -2.05. The zero-order chi connectivity index (χ0) is 10.6. The highest BCUT2D eigenvalue weighted by atomic mass is 79.9. The standard InChI is InChI=1S/C10H11BrO3/c1-2-5-14-10(13)7-3-4-9(12)8(11)6-7/h3-4,6,12H,2,5H2,1H3. The van der Waals surface area contributed by atoms with Gasteiger partial charge in [-0.1, -0.05) is 6.92 Å². The maximum Gasteiger partial charge on any atom is 0.338 e. The van der Waals surface area contributed by atoms with Gasteiger partial charge in [0.05, 0.1) is 16.6 Å². The van der Waals surface area contributed by atoms with Crippen LogP contribution in [0.5, 0.6) is 5.75 Å². The first-order chi connectivity index (χ1) is 6.65. The number of phenolic OH excluding ortho intramolecular Hbond substituents is 1. The molecule has 0 heterocycles. The normalized spacial score (nSPS) is 9.86. The number of carbonyl (C=O) groups excluding carboxylic acids is 1. The number of esters is 1. The third-order valence-corrected chi connectivity index (χ3v) is 2.26. The second kappa shape index (κ2) is 5.00. The summed E-state index contributed by atoms with van der Waals surface area (Å²) in [5, 5.41) is 9.20. The molecule has 0 aliphatic heterocycles. The van der Waals surface area contributed by atoms with E-state index < -0.39 is 0 Å². The lowest BCUT2D eigenvalue weighted by molar-refractivity contribution is 0.0505. The number of carbonyl (C=O) groups is 1. The van der Waals surface area contributed by atoms with E-state index >= 15 is 0 Å². The van der Waals surface area contributed by atoms with Crippen LogP contribution < -0.4 is 0 Å². The van der Waals surface area contributed by atoms with Crippen LogP contribution in [0.1, 0.15) is 23.7 Å². The van der Waals surface area contributed by atoms with Crippen LogP contribution in [0.4, 0.5) is 0 Å². The van der Waals surface area contributed by atoms with Crippen molar-refractivity contribution in [2.24, 2.45) is 0 Å². The Morgan fingerprint density at radius 3 is 2.86 bits per heavy atom. The second-order valence-electron chi connectivity index (χ2n) is 2.80. The summed E-state index contributed by atoms with van der Waals surface area (Å²) in [7, 11) is 0. The van der Waals surface area contributed by atoms with E-state index in [1.165, 1.54) is 18.2 Å². The summed E-state index contributed by atoms with van der Waals surface area (Å²) in [6.45, 7) is 2.34. The van der Waals surface area contributed by atoms with Gasteiger partial charge in [0, 0.05) is 0 Å². The van der Waals surface area contributed by atoms with Gasteiger partial charge in [-0.05, 0) is 40.5 Å². The Kier molecular flexibility index (Phi) is 3.95. The van der Waals surface area contributed by atoms with Crippen LogP contribution in [0.25, 0.3) is 0 Å². The number of aromatic hydroxyl groups is 1. The molecule has 0 radical (unpaired) electrons. The summed E-state index contributed by atoms with van der Waals surface area (Å²) in [6, 6.07) is 4.51. The molecule has 1 aromatic carbocycles. The van der Waals surface area contributed by atoms with Crippen LogP contribution in [-0.2, 0) is 4.74 Å². The third-order valence-electron chi connectivity index (χ3n) is 1.62. The molecule has 0 atom stereocenters. The molecule has 76 valence electrons. The molecule has 1 aromatic rings. The smallest absolute Gasteiger partial charge is 0.338 e. The molecular formula is C10H11BrO3. The van der Waals surface area contributed by atoms with Gasteiger partial charge in [0.2, 0.25) is 0 Å². The number of rotatable bonds is 3. The van der Waals surface area contributed by atoms with E-state index in [1.54, 1.807) is 0 Å². The molecule has 0 aliphatic carbocycles. The van der Waals surface area contributed by atoms with Gasteiger partial charge in [0.15, 0.2) is 0 Å².